The third kappa shape index (κ3) is 22.2. The first-order chi connectivity index (χ1) is 53.5. The molecule has 0 heterocycles. The van der Waals surface area contributed by atoms with Crippen molar-refractivity contribution in [1.29, 1.82) is 0 Å². The first-order valence-corrected chi connectivity index (χ1v) is 33.1. The van der Waals surface area contributed by atoms with Crippen molar-refractivity contribution in [3.05, 3.63) is 274 Å². The Morgan fingerprint density at radius 1 is 0.330 bits per heavy atom. The number of rotatable bonds is 10. The van der Waals surface area contributed by atoms with Crippen molar-refractivity contribution in [3.8, 4) is 44.5 Å². The van der Waals surface area contributed by atoms with E-state index < -0.39 is 87.8 Å². The zero-order valence-corrected chi connectivity index (χ0v) is 62.2. The van der Waals surface area contributed by atoms with Crippen molar-refractivity contribution in [1.82, 2.24) is 0 Å². The first-order valence-electron chi connectivity index (χ1n) is 42.6. The van der Waals surface area contributed by atoms with Gasteiger partial charge in [-0.05, 0) is 142 Å². The molecule has 100 heavy (non-hydrogen) atoms. The Morgan fingerprint density at radius 2 is 0.680 bits per heavy atom. The van der Waals surface area contributed by atoms with E-state index in [0.717, 1.165) is 54.0 Å². The highest BCUT2D eigenvalue weighted by atomic mass is 19.4. The highest BCUT2D eigenvalue weighted by Crippen LogP contribution is 2.52. The molecule has 9 rings (SSSR count). The van der Waals surface area contributed by atoms with Crippen molar-refractivity contribution in [2.75, 3.05) is 0 Å². The van der Waals surface area contributed by atoms with Gasteiger partial charge >= 0.3 is 18.5 Å². The number of benzene rings is 9. The van der Waals surface area contributed by atoms with Gasteiger partial charge in [-0.15, -0.1) is 0 Å². The van der Waals surface area contributed by atoms with Crippen LogP contribution in [0.2, 0.25) is 0 Å². The number of halogens is 9. The maximum Gasteiger partial charge on any atom is 0.394 e. The summed E-state index contributed by atoms with van der Waals surface area (Å²) < 4.78 is 277. The minimum Gasteiger partial charge on any atom is -0.171 e. The normalized spacial score (nSPS) is 16.3. The molecule has 0 N–H and O–H groups in total. The van der Waals surface area contributed by atoms with E-state index in [-0.39, 0.29) is 122 Å². The summed E-state index contributed by atoms with van der Waals surface area (Å²) in [7, 11) is 0. The highest BCUT2D eigenvalue weighted by molar-refractivity contribution is 5.80. The summed E-state index contributed by atoms with van der Waals surface area (Å²) in [6.45, 7) is 36.6. The summed E-state index contributed by atoms with van der Waals surface area (Å²) >= 11 is 0. The van der Waals surface area contributed by atoms with Gasteiger partial charge in [0.1, 0.15) is 0 Å². The lowest BCUT2D eigenvalue weighted by Crippen LogP contribution is -2.38. The molecule has 9 aromatic rings. The van der Waals surface area contributed by atoms with Gasteiger partial charge in [0.15, 0.2) is 0 Å². The Labute approximate surface area is 622 Å². The molecule has 0 amide bonds. The Morgan fingerprint density at radius 3 is 1.11 bits per heavy atom. The second-order valence-corrected chi connectivity index (χ2v) is 31.5. The fourth-order valence-electron chi connectivity index (χ4n) is 10.9. The summed E-state index contributed by atoms with van der Waals surface area (Å²) in [6.07, 6.45) is -19.8. The fraction of sp³-hybridized carbons (Fsp3) is 0.407. The lowest BCUT2D eigenvalue weighted by atomic mass is 9.68. The molecule has 538 valence electrons. The second kappa shape index (κ2) is 32.6. The average Bonchev–Trinajstić information content (AvgIpc) is 0.719. The SMILES string of the molecule is CC(C)(C)c1ccccc1-c1ccccc1.[2H]C([2H])(c1cccc(C([2H])(C)C(C)(C)C(F)(F)F)c1C(C)(C)C)C(C)(C)C(F)(F)F.[2H]C([2H])(c1ccccc1C(C)(C)C)C(C)(C)C(F)(F)F.[2H]c1c([2H])c([2H])c(-c2cccc(-c3c([2H])c([2H])c([2H])c(C)c3[2H])c2C(C)(C)C)c([2H])c1[2H].[2H]c1c([2H])c([2H])c(-c2ccccc2C(C)(C)C)c([2H])c1[2H]. The van der Waals surface area contributed by atoms with Crippen LogP contribution in [0.1, 0.15) is 234 Å². The van der Waals surface area contributed by atoms with E-state index in [0.29, 0.717) is 27.8 Å². The van der Waals surface area contributed by atoms with Gasteiger partial charge in [0.05, 0.1) is 35.4 Å². The van der Waals surface area contributed by atoms with Crippen LogP contribution in [0.25, 0.3) is 44.5 Å². The van der Waals surface area contributed by atoms with Crippen LogP contribution in [0.5, 0.6) is 0 Å². The Balaban J connectivity index is 0.000000270. The van der Waals surface area contributed by atoms with Crippen LogP contribution < -0.4 is 0 Å². The number of hydrogen-bond donors (Lipinski definition) is 0. The molecule has 0 aliphatic heterocycles. The molecule has 0 spiro atoms. The van der Waals surface area contributed by atoms with Crippen molar-refractivity contribution in [2.45, 2.75) is 223 Å². The zero-order chi connectivity index (χ0) is 92.2. The molecule has 0 fully saturated rings. The molecule has 9 aromatic carbocycles. The molecule has 0 aliphatic carbocycles. The Kier molecular flexibility index (Phi) is 18.9. The summed E-state index contributed by atoms with van der Waals surface area (Å²) in [5, 5.41) is 0. The van der Waals surface area contributed by atoms with Gasteiger partial charge in [-0.25, -0.2) is 0 Å². The van der Waals surface area contributed by atoms with E-state index in [1.54, 1.807) is 64.1 Å². The predicted molar refractivity (Wildman–Crippen MR) is 408 cm³/mol. The van der Waals surface area contributed by atoms with Gasteiger partial charge in [0, 0.05) is 6.85 Å². The molecule has 1 unspecified atom stereocenters. The van der Waals surface area contributed by atoms with E-state index in [1.165, 1.54) is 41.0 Å². The van der Waals surface area contributed by atoms with Gasteiger partial charge in [0.25, 0.3) is 0 Å². The summed E-state index contributed by atoms with van der Waals surface area (Å²) in [4.78, 5) is 0. The van der Waals surface area contributed by atoms with Crippen LogP contribution in [0.3, 0.4) is 0 Å². The maximum atomic E-state index is 13.8. The van der Waals surface area contributed by atoms with Crippen molar-refractivity contribution < 1.29 is 65.6 Å². The third-order valence-corrected chi connectivity index (χ3v) is 16.8. The zero-order valence-electron chi connectivity index (χ0n) is 81.2. The van der Waals surface area contributed by atoms with Gasteiger partial charge in [0.2, 0.25) is 0 Å². The highest BCUT2D eigenvalue weighted by Gasteiger charge is 2.53. The molecule has 0 bridgehead atoms. The van der Waals surface area contributed by atoms with Gasteiger partial charge in [-0.3, -0.25) is 0 Å². The molecule has 0 aromatic heterocycles. The van der Waals surface area contributed by atoms with E-state index in [9.17, 15) is 39.5 Å². The quantitative estimate of drug-likeness (QED) is 0.120. The molecule has 0 saturated heterocycles. The van der Waals surface area contributed by atoms with Crippen molar-refractivity contribution in [2.24, 2.45) is 16.2 Å². The van der Waals surface area contributed by atoms with Crippen LogP contribution in [0.4, 0.5) is 39.5 Å². The molecule has 0 saturated carbocycles. The van der Waals surface area contributed by atoms with Gasteiger partial charge < -0.3 is 0 Å². The minimum absolute atomic E-state index is 0.0119. The molecule has 0 radical (unpaired) electrons. The lowest BCUT2D eigenvalue weighted by molar-refractivity contribution is -0.218. The van der Waals surface area contributed by atoms with Crippen LogP contribution in [0, 0.1) is 23.2 Å². The van der Waals surface area contributed by atoms with E-state index in [1.807, 2.05) is 86.6 Å². The topological polar surface area (TPSA) is 0 Å². The predicted octanol–water partition coefficient (Wildman–Crippen LogP) is 28.9. The van der Waals surface area contributed by atoms with Gasteiger partial charge in [-0.2, -0.15) is 39.5 Å². The van der Waals surface area contributed by atoms with E-state index in [4.69, 9.17) is 26.0 Å². The Hall–Kier alpha value is -7.65. The summed E-state index contributed by atoms with van der Waals surface area (Å²) in [5.74, 6) is -2.29. The van der Waals surface area contributed by atoms with Crippen LogP contribution >= 0.6 is 0 Å². The van der Waals surface area contributed by atoms with E-state index in [2.05, 4.69) is 75.4 Å². The Bertz CT molecular complexity index is 4910. The lowest BCUT2D eigenvalue weighted by Gasteiger charge is -2.39. The summed E-state index contributed by atoms with van der Waals surface area (Å²) in [6, 6.07) is 37.9. The van der Waals surface area contributed by atoms with Crippen LogP contribution in [-0.4, -0.2) is 18.5 Å². The maximum absolute atomic E-state index is 13.8. The van der Waals surface area contributed by atoms with Crippen molar-refractivity contribution in [3.63, 3.8) is 0 Å². The largest absolute Gasteiger partial charge is 0.394 e. The molecule has 0 nitrogen and oxygen atoms in total. The van der Waals surface area contributed by atoms with Gasteiger partial charge in [-0.1, -0.05) is 382 Å². The molecular formula is C91H111F9. The fourth-order valence-corrected chi connectivity index (χ4v) is 10.9. The molecule has 0 aliphatic rings. The van der Waals surface area contributed by atoms with Crippen LogP contribution in [0.15, 0.2) is 224 Å². The number of alkyl halides is 9. The standard InChI is InChI=1S/C23H24.C21H30F6.2C16H18.C15H21F3/c1-17-10-8-13-19(16-17)21-15-9-14-20(22(21)23(2,3)4)18-11-6-5-7-12-18;1-13(19(7,8)21(25,26)27)15-11-9-10-14(16(15)17(2,3)4)12-18(5,6)20(22,23)24;2*1-16(2,3)15-12-8-7-11-14(15)13-9-5-4-6-10-13;1-13(2,3)12-9-7-6-8-11(12)10-14(4,5)15(16,17)18/h5-16H,1-4H3;9-11,13H,12H2,1-8H3;2*4-12H,1-3H3;6-9H,10H2,1-5H3/i5D,6D,7D,8D,10D,11D,12D,13D,16D;12D2,13D;4D,5D,6D,9D,10D;;10D2. The molecule has 1 atom stereocenters. The summed E-state index contributed by atoms with van der Waals surface area (Å²) in [5.41, 5.74) is -1.66. The third-order valence-electron chi connectivity index (χ3n) is 16.8. The average molecular weight is 1390 g/mol. The minimum atomic E-state index is -4.91. The van der Waals surface area contributed by atoms with E-state index >= 15 is 0 Å². The number of hydrogen-bond acceptors (Lipinski definition) is 0. The smallest absolute Gasteiger partial charge is 0.171 e. The monoisotopic (exact) mass is 1390 g/mol. The molecule has 9 heteroatoms. The molecular weight excluding hydrogens is 1260 g/mol. The van der Waals surface area contributed by atoms with Crippen LogP contribution in [-0.2, 0) is 39.8 Å². The first kappa shape index (κ1) is 57.9. The van der Waals surface area contributed by atoms with Crippen molar-refractivity contribution >= 4 is 0 Å². The second-order valence-electron chi connectivity index (χ2n) is 31.5.